The van der Waals surface area contributed by atoms with Crippen LogP contribution in [0.1, 0.15) is 32.3 Å². The molecule has 2 heterocycles. The molecule has 172 valence electrons. The van der Waals surface area contributed by atoms with Crippen molar-refractivity contribution in [3.63, 3.8) is 0 Å². The van der Waals surface area contributed by atoms with Gasteiger partial charge in [-0.15, -0.1) is 0 Å². The van der Waals surface area contributed by atoms with Crippen LogP contribution >= 0.6 is 0 Å². The molecule has 0 spiro atoms. The summed E-state index contributed by atoms with van der Waals surface area (Å²) in [5.41, 5.74) is 1.36. The number of nitrogens with zero attached hydrogens (tertiary/aromatic N) is 1. The molecule has 1 aliphatic rings. The second-order valence-corrected chi connectivity index (χ2v) is 7.59. The molecule has 0 atom stereocenters. The third kappa shape index (κ3) is 5.20. The molecule has 0 saturated carbocycles. The van der Waals surface area contributed by atoms with Crippen molar-refractivity contribution < 1.29 is 28.3 Å². The molecule has 2 N–H and O–H groups in total. The Balaban J connectivity index is 1.70. The fourth-order valence-electron chi connectivity index (χ4n) is 3.49. The fourth-order valence-corrected chi connectivity index (χ4v) is 3.49. The average molecular weight is 451 g/mol. The van der Waals surface area contributed by atoms with Crippen LogP contribution < -0.4 is 10.6 Å². The third-order valence-corrected chi connectivity index (χ3v) is 4.98. The van der Waals surface area contributed by atoms with Crippen molar-refractivity contribution in [3.05, 3.63) is 70.8 Å². The van der Waals surface area contributed by atoms with E-state index >= 15 is 0 Å². The van der Waals surface area contributed by atoms with Gasteiger partial charge in [-0.25, -0.2) is 4.79 Å². The summed E-state index contributed by atoms with van der Waals surface area (Å²) in [4.78, 5) is 50.8. The molecule has 0 fully saturated rings. The van der Waals surface area contributed by atoms with Crippen LogP contribution in [0.25, 0.3) is 6.08 Å². The molecule has 0 unspecified atom stereocenters. The molecule has 1 aromatic carbocycles. The van der Waals surface area contributed by atoms with Crippen LogP contribution in [0.15, 0.2) is 63.7 Å². The third-order valence-electron chi connectivity index (χ3n) is 4.98. The van der Waals surface area contributed by atoms with E-state index in [0.29, 0.717) is 22.9 Å². The number of esters is 1. The molecule has 2 aromatic rings. The van der Waals surface area contributed by atoms with Crippen molar-refractivity contribution in [2.24, 2.45) is 0 Å². The first-order chi connectivity index (χ1) is 15.7. The van der Waals surface area contributed by atoms with Crippen LogP contribution in [0.5, 0.6) is 0 Å². The lowest BCUT2D eigenvalue weighted by atomic mass is 10.1. The summed E-state index contributed by atoms with van der Waals surface area (Å²) in [6.07, 6.45) is 1.47. The van der Waals surface area contributed by atoms with E-state index in [1.165, 1.54) is 18.1 Å². The van der Waals surface area contributed by atoms with E-state index < -0.39 is 17.8 Å². The lowest BCUT2D eigenvalue weighted by Gasteiger charge is -2.22. The average Bonchev–Trinajstić information content (AvgIpc) is 3.34. The highest BCUT2D eigenvalue weighted by Crippen LogP contribution is 2.33. The van der Waals surface area contributed by atoms with Gasteiger partial charge in [-0.3, -0.25) is 14.4 Å². The van der Waals surface area contributed by atoms with Crippen molar-refractivity contribution in [1.82, 2.24) is 10.2 Å². The predicted octanol–water partition coefficient (Wildman–Crippen LogP) is 2.62. The molecule has 1 aromatic heterocycles. The van der Waals surface area contributed by atoms with Gasteiger partial charge in [-0.05, 0) is 51.1 Å². The molecular weight excluding hydrogens is 426 g/mol. The molecule has 3 amide bonds. The van der Waals surface area contributed by atoms with Gasteiger partial charge in [0.25, 0.3) is 5.91 Å². The molecule has 0 aliphatic carbocycles. The topological polar surface area (TPSA) is 118 Å². The smallest absolute Gasteiger partial charge is 0.340 e. The second-order valence-electron chi connectivity index (χ2n) is 7.59. The summed E-state index contributed by atoms with van der Waals surface area (Å²) in [7, 11) is 1.25. The van der Waals surface area contributed by atoms with Crippen LogP contribution in [-0.4, -0.2) is 41.7 Å². The van der Waals surface area contributed by atoms with Crippen molar-refractivity contribution in [3.8, 4) is 0 Å². The number of nitrogens with one attached hydrogen (secondary N) is 2. The molecule has 0 saturated heterocycles. The highest BCUT2D eigenvalue weighted by molar-refractivity contribution is 6.39. The maximum absolute atomic E-state index is 12.9. The van der Waals surface area contributed by atoms with Gasteiger partial charge in [0, 0.05) is 17.4 Å². The van der Waals surface area contributed by atoms with E-state index in [1.54, 1.807) is 49.4 Å². The van der Waals surface area contributed by atoms with E-state index in [9.17, 15) is 19.2 Å². The van der Waals surface area contributed by atoms with E-state index in [4.69, 9.17) is 9.15 Å². The lowest BCUT2D eigenvalue weighted by molar-refractivity contribution is -0.136. The predicted molar refractivity (Wildman–Crippen MR) is 120 cm³/mol. The van der Waals surface area contributed by atoms with Crippen LogP contribution in [0, 0.1) is 0 Å². The first-order valence-electron chi connectivity index (χ1n) is 10.3. The number of carbonyl (C=O) groups excluding carboxylic acids is 4. The Labute approximate surface area is 191 Å². The number of anilines is 1. The largest absolute Gasteiger partial charge is 0.465 e. The van der Waals surface area contributed by atoms with Gasteiger partial charge in [0.05, 0.1) is 24.8 Å². The molecule has 9 nitrogen and oxygen atoms in total. The van der Waals surface area contributed by atoms with E-state index in [1.807, 2.05) is 13.8 Å². The Kier molecular flexibility index (Phi) is 7.12. The lowest BCUT2D eigenvalue weighted by Crippen LogP contribution is -2.34. The van der Waals surface area contributed by atoms with Gasteiger partial charge in [0.1, 0.15) is 11.5 Å². The SMILES string of the molecule is COC(=O)C1=C(C)N(C(C)C)C(=O)/C1=C/c1ccc(CNC(=O)C(=O)Nc2ccccc2)o1. The number of rotatable bonds is 6. The molecule has 33 heavy (non-hydrogen) atoms. The van der Waals surface area contributed by atoms with Gasteiger partial charge in [-0.1, -0.05) is 18.2 Å². The Morgan fingerprint density at radius 1 is 1.09 bits per heavy atom. The standard InChI is InChI=1S/C24H25N3O6/c1-14(2)27-15(3)20(24(31)32-4)19(23(27)30)12-17-10-11-18(33-17)13-25-21(28)22(29)26-16-8-6-5-7-9-16/h5-12,14H,13H2,1-4H3,(H,25,28)(H,26,29)/b19-12+. The maximum Gasteiger partial charge on any atom is 0.340 e. The Morgan fingerprint density at radius 2 is 1.79 bits per heavy atom. The molecule has 9 heteroatoms. The summed E-state index contributed by atoms with van der Waals surface area (Å²) in [5, 5.41) is 4.97. The summed E-state index contributed by atoms with van der Waals surface area (Å²) < 4.78 is 10.5. The highest BCUT2D eigenvalue weighted by atomic mass is 16.5. The summed E-state index contributed by atoms with van der Waals surface area (Å²) >= 11 is 0. The maximum atomic E-state index is 12.9. The van der Waals surface area contributed by atoms with Crippen LogP contribution in [0.4, 0.5) is 5.69 Å². The second kappa shape index (κ2) is 9.99. The van der Waals surface area contributed by atoms with Crippen molar-refractivity contribution in [2.75, 3.05) is 12.4 Å². The number of allylic oxidation sites excluding steroid dienone is 1. The number of hydrogen-bond acceptors (Lipinski definition) is 6. The number of methoxy groups -OCH3 is 1. The quantitative estimate of drug-likeness (QED) is 0.396. The first-order valence-corrected chi connectivity index (χ1v) is 10.3. The summed E-state index contributed by atoms with van der Waals surface area (Å²) in [6.45, 7) is 5.35. The zero-order valence-electron chi connectivity index (χ0n) is 18.8. The number of benzene rings is 1. The van der Waals surface area contributed by atoms with Gasteiger partial charge in [0.15, 0.2) is 0 Å². The normalized spacial score (nSPS) is 14.8. The number of para-hydroxylation sites is 1. The molecule has 1 aliphatic heterocycles. The Morgan fingerprint density at radius 3 is 2.42 bits per heavy atom. The van der Waals surface area contributed by atoms with Gasteiger partial charge < -0.3 is 24.7 Å². The first kappa shape index (κ1) is 23.5. The van der Waals surface area contributed by atoms with Crippen molar-refractivity contribution in [2.45, 2.75) is 33.4 Å². The number of amides is 3. The zero-order valence-corrected chi connectivity index (χ0v) is 18.8. The number of furan rings is 1. The number of hydrogen-bond donors (Lipinski definition) is 2. The molecule has 3 rings (SSSR count). The van der Waals surface area contributed by atoms with Gasteiger partial charge in [-0.2, -0.15) is 0 Å². The van der Waals surface area contributed by atoms with Crippen molar-refractivity contribution in [1.29, 1.82) is 0 Å². The molecule has 0 radical (unpaired) electrons. The summed E-state index contributed by atoms with van der Waals surface area (Å²) in [5.74, 6) is -1.88. The highest BCUT2D eigenvalue weighted by Gasteiger charge is 2.38. The van der Waals surface area contributed by atoms with Gasteiger partial charge in [0.2, 0.25) is 0 Å². The Hall–Kier alpha value is -4.14. The van der Waals surface area contributed by atoms with Gasteiger partial charge >= 0.3 is 17.8 Å². The Bertz CT molecular complexity index is 1140. The molecular formula is C24H25N3O6. The van der Waals surface area contributed by atoms with Crippen LogP contribution in [0.2, 0.25) is 0 Å². The molecule has 0 bridgehead atoms. The minimum atomic E-state index is -0.819. The van der Waals surface area contributed by atoms with Crippen molar-refractivity contribution >= 4 is 35.5 Å². The summed E-state index contributed by atoms with van der Waals surface area (Å²) in [6, 6.07) is 11.7. The number of carbonyl (C=O) groups is 4. The van der Waals surface area contributed by atoms with Crippen LogP contribution in [0.3, 0.4) is 0 Å². The van der Waals surface area contributed by atoms with E-state index in [-0.39, 0.29) is 29.6 Å². The minimum Gasteiger partial charge on any atom is -0.465 e. The fraction of sp³-hybridized carbons (Fsp3) is 0.250. The monoisotopic (exact) mass is 451 g/mol. The number of ether oxygens (including phenoxy) is 1. The van der Waals surface area contributed by atoms with E-state index in [0.717, 1.165) is 0 Å². The minimum absolute atomic E-state index is 0.0327. The van der Waals surface area contributed by atoms with E-state index in [2.05, 4.69) is 10.6 Å². The van der Waals surface area contributed by atoms with Crippen LogP contribution in [-0.2, 0) is 30.5 Å². The zero-order chi connectivity index (χ0) is 24.1.